The van der Waals surface area contributed by atoms with Crippen molar-refractivity contribution in [2.24, 2.45) is 0 Å². The highest BCUT2D eigenvalue weighted by Gasteiger charge is 2.09. The minimum Gasteiger partial charge on any atom is -0.457 e. The molecule has 6 heteroatoms. The predicted molar refractivity (Wildman–Crippen MR) is 121 cm³/mol. The fourth-order valence-corrected chi connectivity index (χ4v) is 3.24. The lowest BCUT2D eigenvalue weighted by atomic mass is 10.0. The van der Waals surface area contributed by atoms with E-state index >= 15 is 0 Å². The lowest BCUT2D eigenvalue weighted by Gasteiger charge is -2.11. The molecule has 0 N–H and O–H groups in total. The Morgan fingerprint density at radius 1 is 0.727 bits per heavy atom. The zero-order valence-electron chi connectivity index (χ0n) is 17.3. The minimum atomic E-state index is -0.475. The van der Waals surface area contributed by atoms with Gasteiger partial charge >= 0.3 is 0 Å². The quantitative estimate of drug-likeness (QED) is 0.237. The van der Waals surface area contributed by atoms with Crippen LogP contribution in [0.2, 0.25) is 0 Å². The van der Waals surface area contributed by atoms with E-state index in [0.717, 1.165) is 0 Å². The van der Waals surface area contributed by atoms with E-state index in [9.17, 15) is 8.78 Å². The van der Waals surface area contributed by atoms with E-state index in [1.807, 2.05) is 6.07 Å². The Bertz CT molecular complexity index is 1260. The van der Waals surface area contributed by atoms with E-state index in [1.54, 1.807) is 72.8 Å². The first kappa shape index (κ1) is 21.5. The first-order valence-electron chi connectivity index (χ1n) is 9.90. The summed E-state index contributed by atoms with van der Waals surface area (Å²) in [6, 6.07) is 24.1. The van der Waals surface area contributed by atoms with Crippen molar-refractivity contribution in [1.82, 2.24) is 0 Å². The summed E-state index contributed by atoms with van der Waals surface area (Å²) in [5.74, 6) is -0.414. The Balaban J connectivity index is 1.38. The molecule has 4 aromatic carbocycles. The van der Waals surface area contributed by atoms with Crippen LogP contribution in [-0.4, -0.2) is 6.79 Å². The number of rotatable bonds is 6. The second-order valence-electron chi connectivity index (χ2n) is 7.04. The molecule has 0 bridgehead atoms. The van der Waals surface area contributed by atoms with Crippen LogP contribution in [0, 0.1) is 29.5 Å². The van der Waals surface area contributed by atoms with Crippen LogP contribution in [0.25, 0.3) is 27.1 Å². The molecule has 0 aliphatic rings. The topological polar surface area (TPSA) is 46.6 Å². The number of halogens is 2. The Labute approximate surface area is 189 Å². The van der Waals surface area contributed by atoms with Crippen LogP contribution in [0.4, 0.5) is 14.5 Å². The zero-order valence-corrected chi connectivity index (χ0v) is 17.3. The monoisotopic (exact) mass is 438 g/mol. The maximum atomic E-state index is 14.5. The average molecular weight is 438 g/mol. The summed E-state index contributed by atoms with van der Waals surface area (Å²) in [6.07, 6.45) is 0. The highest BCUT2D eigenvalue weighted by Crippen LogP contribution is 2.29. The van der Waals surface area contributed by atoms with Crippen LogP contribution in [0.1, 0.15) is 5.56 Å². The molecule has 0 aliphatic carbocycles. The Hall–Kier alpha value is -4.68. The largest absolute Gasteiger partial charge is 0.457 e. The highest BCUT2D eigenvalue weighted by molar-refractivity contribution is 5.68. The predicted octanol–water partition coefficient (Wildman–Crippen LogP) is 7.14. The van der Waals surface area contributed by atoms with Crippen molar-refractivity contribution < 1.29 is 18.3 Å². The summed E-state index contributed by atoms with van der Waals surface area (Å²) in [6.45, 7) is 6.76. The van der Waals surface area contributed by atoms with Gasteiger partial charge in [-0.1, -0.05) is 36.4 Å². The molecule has 0 atom stereocenters. The first-order valence-corrected chi connectivity index (χ1v) is 9.90. The van der Waals surface area contributed by atoms with Crippen LogP contribution in [-0.2, 0) is 0 Å². The van der Waals surface area contributed by atoms with Crippen LogP contribution < -0.4 is 9.47 Å². The van der Waals surface area contributed by atoms with Crippen LogP contribution >= 0.6 is 0 Å². The minimum absolute atomic E-state index is 0.228. The van der Waals surface area contributed by atoms with Gasteiger partial charge in [0.2, 0.25) is 6.79 Å². The average Bonchev–Trinajstić information content (AvgIpc) is 2.84. The lowest BCUT2D eigenvalue weighted by Crippen LogP contribution is -2.06. The summed E-state index contributed by atoms with van der Waals surface area (Å²) in [5.41, 5.74) is 3.06. The molecule has 0 fully saturated rings. The van der Waals surface area contributed by atoms with Gasteiger partial charge in [-0.3, -0.25) is 0 Å². The molecular formula is C27H16F2N2O2. The number of nitriles is 1. The van der Waals surface area contributed by atoms with Crippen molar-refractivity contribution in [2.45, 2.75) is 0 Å². The van der Waals surface area contributed by atoms with Crippen molar-refractivity contribution >= 4 is 5.69 Å². The van der Waals surface area contributed by atoms with Gasteiger partial charge in [-0.05, 0) is 47.5 Å². The summed E-state index contributed by atoms with van der Waals surface area (Å²) >= 11 is 0. The van der Waals surface area contributed by atoms with Gasteiger partial charge in [0, 0.05) is 23.3 Å². The molecule has 0 unspecified atom stereocenters. The molecule has 33 heavy (non-hydrogen) atoms. The highest BCUT2D eigenvalue weighted by atomic mass is 19.1. The van der Waals surface area contributed by atoms with Crippen molar-refractivity contribution in [3.63, 3.8) is 0 Å². The van der Waals surface area contributed by atoms with Crippen molar-refractivity contribution in [1.29, 1.82) is 5.26 Å². The maximum Gasteiger partial charge on any atom is 0.230 e. The third-order valence-electron chi connectivity index (χ3n) is 4.96. The molecule has 0 spiro atoms. The molecule has 0 amide bonds. The van der Waals surface area contributed by atoms with E-state index in [2.05, 4.69) is 4.85 Å². The summed E-state index contributed by atoms with van der Waals surface area (Å²) in [5, 5.41) is 8.87. The number of ether oxygens (including phenoxy) is 2. The summed E-state index contributed by atoms with van der Waals surface area (Å²) < 4.78 is 39.9. The van der Waals surface area contributed by atoms with Crippen molar-refractivity contribution in [3.8, 4) is 39.8 Å². The molecular weight excluding hydrogens is 422 g/mol. The molecule has 4 aromatic rings. The normalized spacial score (nSPS) is 10.2. The van der Waals surface area contributed by atoms with E-state index in [0.29, 0.717) is 33.5 Å². The van der Waals surface area contributed by atoms with Gasteiger partial charge in [0.15, 0.2) is 5.69 Å². The third kappa shape index (κ3) is 4.98. The molecule has 0 saturated carbocycles. The van der Waals surface area contributed by atoms with E-state index in [1.165, 1.54) is 12.1 Å². The number of hydrogen-bond donors (Lipinski definition) is 0. The summed E-state index contributed by atoms with van der Waals surface area (Å²) in [4.78, 5) is 3.32. The number of benzene rings is 4. The molecule has 0 aromatic heterocycles. The molecule has 160 valence electrons. The van der Waals surface area contributed by atoms with Crippen molar-refractivity contribution in [3.05, 3.63) is 114 Å². The lowest BCUT2D eigenvalue weighted by molar-refractivity contribution is 0.119. The van der Waals surface area contributed by atoms with E-state index < -0.39 is 11.6 Å². The van der Waals surface area contributed by atoms with Gasteiger partial charge in [-0.15, -0.1) is 0 Å². The Kier molecular flexibility index (Phi) is 6.29. The van der Waals surface area contributed by atoms with Gasteiger partial charge < -0.3 is 9.47 Å². The van der Waals surface area contributed by atoms with Crippen molar-refractivity contribution in [2.75, 3.05) is 6.79 Å². The molecule has 4 nitrogen and oxygen atoms in total. The fourth-order valence-electron chi connectivity index (χ4n) is 3.24. The van der Waals surface area contributed by atoms with Crippen LogP contribution in [0.5, 0.6) is 11.5 Å². The van der Waals surface area contributed by atoms with Gasteiger partial charge in [0.25, 0.3) is 0 Å². The molecule has 0 heterocycles. The second kappa shape index (κ2) is 9.64. The smallest absolute Gasteiger partial charge is 0.230 e. The summed E-state index contributed by atoms with van der Waals surface area (Å²) in [7, 11) is 0. The van der Waals surface area contributed by atoms with Gasteiger partial charge in [0.1, 0.15) is 23.1 Å². The maximum absolute atomic E-state index is 14.5. The molecule has 4 rings (SSSR count). The third-order valence-corrected chi connectivity index (χ3v) is 4.96. The number of hydrogen-bond acceptors (Lipinski definition) is 3. The molecule has 0 saturated heterocycles. The molecule has 0 radical (unpaired) electrons. The Morgan fingerprint density at radius 2 is 1.21 bits per heavy atom. The van der Waals surface area contributed by atoms with Crippen LogP contribution in [0.3, 0.4) is 0 Å². The first-order chi connectivity index (χ1) is 16.1. The molecule has 0 aliphatic heterocycles. The van der Waals surface area contributed by atoms with Gasteiger partial charge in [-0.25, -0.2) is 13.6 Å². The van der Waals surface area contributed by atoms with Gasteiger partial charge in [-0.2, -0.15) is 5.26 Å². The van der Waals surface area contributed by atoms with E-state index in [4.69, 9.17) is 21.3 Å². The fraction of sp³-hybridized carbons (Fsp3) is 0.0370. The second-order valence-corrected chi connectivity index (χ2v) is 7.04. The Morgan fingerprint density at radius 3 is 1.64 bits per heavy atom. The SMILES string of the molecule is [C-]#[N+]c1ccc(-c2ccc(OCOc3ccc(-c4ccc(C#N)cc4)c(F)c3)cc2F)cc1. The van der Waals surface area contributed by atoms with Crippen LogP contribution in [0.15, 0.2) is 84.9 Å². The number of nitrogens with zero attached hydrogens (tertiary/aromatic N) is 2. The standard InChI is InChI=1S/C27H16F2N2O2/c1-31-21-8-6-20(7-9-21)25-13-11-23(15-27(25)29)33-17-32-22-10-12-24(26(28)14-22)19-4-2-18(16-30)3-5-19/h2-15H,17H2. The zero-order chi connectivity index (χ0) is 23.2. The van der Waals surface area contributed by atoms with E-state index in [-0.39, 0.29) is 18.3 Å². The van der Waals surface area contributed by atoms with Gasteiger partial charge in [0.05, 0.1) is 18.2 Å².